The molecule has 2 nitrogen and oxygen atoms in total. The number of rotatable bonds is 6. The molecule has 0 heterocycles. The summed E-state index contributed by atoms with van der Waals surface area (Å²) < 4.78 is 0. The van der Waals surface area contributed by atoms with Crippen LogP contribution < -0.4 is 0 Å². The Hall–Kier alpha value is -0.660. The summed E-state index contributed by atoms with van der Waals surface area (Å²) in [6.45, 7) is 7.27. The Labute approximate surface area is 80.7 Å². The van der Waals surface area contributed by atoms with Gasteiger partial charge in [0.1, 0.15) is 11.6 Å². The van der Waals surface area contributed by atoms with Crippen LogP contribution in [0.15, 0.2) is 0 Å². The standard InChI is InChI=1S/C11H19O2/c1-8(5-6-10(3)12)9(2)7-11(4)13/h9H,5-7H2,1-4H3. The van der Waals surface area contributed by atoms with Crippen molar-refractivity contribution in [2.24, 2.45) is 5.92 Å². The molecule has 0 amide bonds. The van der Waals surface area contributed by atoms with Crippen LogP contribution >= 0.6 is 0 Å². The minimum absolute atomic E-state index is 0.217. The summed E-state index contributed by atoms with van der Waals surface area (Å²) in [6, 6.07) is 0. The van der Waals surface area contributed by atoms with E-state index >= 15 is 0 Å². The van der Waals surface area contributed by atoms with Crippen molar-refractivity contribution in [3.63, 3.8) is 0 Å². The number of hydrogen-bond acceptors (Lipinski definition) is 2. The van der Waals surface area contributed by atoms with Crippen LogP contribution in [0.1, 0.15) is 47.0 Å². The number of carbonyl (C=O) groups is 2. The van der Waals surface area contributed by atoms with Crippen LogP contribution in [0, 0.1) is 11.8 Å². The van der Waals surface area contributed by atoms with E-state index in [4.69, 9.17) is 0 Å². The SMILES string of the molecule is C[C](CCC(C)=O)C(C)CC(C)=O. The molecule has 1 radical (unpaired) electrons. The molecule has 0 aromatic carbocycles. The van der Waals surface area contributed by atoms with Gasteiger partial charge in [0, 0.05) is 12.8 Å². The van der Waals surface area contributed by atoms with E-state index in [1.807, 2.05) is 13.8 Å². The number of ketones is 2. The second-order valence-corrected chi connectivity index (χ2v) is 3.86. The summed E-state index contributed by atoms with van der Waals surface area (Å²) in [5, 5.41) is 0. The Kier molecular flexibility index (Phi) is 5.60. The van der Waals surface area contributed by atoms with E-state index in [1.165, 1.54) is 5.92 Å². The van der Waals surface area contributed by atoms with Gasteiger partial charge in [-0.3, -0.25) is 0 Å². The third-order valence-corrected chi connectivity index (χ3v) is 2.31. The molecule has 0 spiro atoms. The highest BCUT2D eigenvalue weighted by molar-refractivity contribution is 5.76. The van der Waals surface area contributed by atoms with Gasteiger partial charge in [-0.2, -0.15) is 0 Å². The molecule has 0 aromatic heterocycles. The van der Waals surface area contributed by atoms with Crippen LogP contribution in [0.2, 0.25) is 0 Å². The van der Waals surface area contributed by atoms with E-state index in [1.54, 1.807) is 13.8 Å². The van der Waals surface area contributed by atoms with Gasteiger partial charge in [0.15, 0.2) is 0 Å². The van der Waals surface area contributed by atoms with Crippen LogP contribution in [0.5, 0.6) is 0 Å². The molecule has 0 fully saturated rings. The molecule has 0 aliphatic carbocycles. The monoisotopic (exact) mass is 183 g/mol. The van der Waals surface area contributed by atoms with Gasteiger partial charge in [0.2, 0.25) is 0 Å². The highest BCUT2D eigenvalue weighted by Crippen LogP contribution is 2.22. The van der Waals surface area contributed by atoms with Crippen molar-refractivity contribution in [1.82, 2.24) is 0 Å². The largest absolute Gasteiger partial charge is 0.300 e. The van der Waals surface area contributed by atoms with E-state index in [0.717, 1.165) is 6.42 Å². The van der Waals surface area contributed by atoms with Gasteiger partial charge in [-0.1, -0.05) is 13.8 Å². The summed E-state index contributed by atoms with van der Waals surface area (Å²) in [4.78, 5) is 21.5. The lowest BCUT2D eigenvalue weighted by Gasteiger charge is -2.17. The third-order valence-electron chi connectivity index (χ3n) is 2.31. The Morgan fingerprint density at radius 2 is 1.54 bits per heavy atom. The topological polar surface area (TPSA) is 34.1 Å². The lowest BCUT2D eigenvalue weighted by molar-refractivity contribution is -0.117. The first-order chi connectivity index (χ1) is 5.93. The fourth-order valence-electron chi connectivity index (χ4n) is 1.23. The Morgan fingerprint density at radius 1 is 1.00 bits per heavy atom. The molecule has 0 aliphatic rings. The van der Waals surface area contributed by atoms with Crippen LogP contribution in [0.25, 0.3) is 0 Å². The van der Waals surface area contributed by atoms with Gasteiger partial charge in [0.25, 0.3) is 0 Å². The predicted molar refractivity (Wildman–Crippen MR) is 53.3 cm³/mol. The molecular weight excluding hydrogens is 164 g/mol. The van der Waals surface area contributed by atoms with Crippen molar-refractivity contribution in [3.8, 4) is 0 Å². The Balaban J connectivity index is 3.75. The summed E-state index contributed by atoms with van der Waals surface area (Å²) in [5.74, 6) is 2.01. The lowest BCUT2D eigenvalue weighted by atomic mass is 9.87. The molecular formula is C11H19O2. The summed E-state index contributed by atoms with van der Waals surface area (Å²) in [7, 11) is 0. The van der Waals surface area contributed by atoms with Gasteiger partial charge in [-0.25, -0.2) is 0 Å². The van der Waals surface area contributed by atoms with Gasteiger partial charge >= 0.3 is 0 Å². The summed E-state index contributed by atoms with van der Waals surface area (Å²) in [5.41, 5.74) is 0. The van der Waals surface area contributed by atoms with E-state index in [9.17, 15) is 9.59 Å². The molecule has 2 heteroatoms. The smallest absolute Gasteiger partial charge is 0.130 e. The van der Waals surface area contributed by atoms with E-state index < -0.39 is 0 Å². The zero-order valence-corrected chi connectivity index (χ0v) is 9.02. The Bertz CT molecular complexity index is 185. The maximum atomic E-state index is 10.8. The molecule has 1 atom stereocenters. The molecule has 0 saturated heterocycles. The van der Waals surface area contributed by atoms with Crippen molar-refractivity contribution < 1.29 is 9.59 Å². The van der Waals surface area contributed by atoms with Gasteiger partial charge in [-0.05, 0) is 32.1 Å². The predicted octanol–water partition coefficient (Wildman–Crippen LogP) is 2.57. The van der Waals surface area contributed by atoms with Crippen molar-refractivity contribution in [2.75, 3.05) is 0 Å². The minimum atomic E-state index is 0.217. The van der Waals surface area contributed by atoms with E-state index in [0.29, 0.717) is 18.8 Å². The first kappa shape index (κ1) is 12.3. The van der Waals surface area contributed by atoms with Crippen LogP contribution in [-0.2, 0) is 9.59 Å². The van der Waals surface area contributed by atoms with E-state index in [-0.39, 0.29) is 11.6 Å². The molecule has 13 heavy (non-hydrogen) atoms. The van der Waals surface area contributed by atoms with Crippen molar-refractivity contribution in [3.05, 3.63) is 5.92 Å². The lowest BCUT2D eigenvalue weighted by Crippen LogP contribution is -2.10. The van der Waals surface area contributed by atoms with Crippen LogP contribution in [-0.4, -0.2) is 11.6 Å². The average Bonchev–Trinajstić information content (AvgIpc) is 1.98. The number of hydrogen-bond donors (Lipinski definition) is 0. The second-order valence-electron chi connectivity index (χ2n) is 3.86. The molecule has 0 bridgehead atoms. The van der Waals surface area contributed by atoms with Crippen LogP contribution in [0.4, 0.5) is 0 Å². The summed E-state index contributed by atoms with van der Waals surface area (Å²) >= 11 is 0. The van der Waals surface area contributed by atoms with Crippen molar-refractivity contribution in [2.45, 2.75) is 47.0 Å². The normalized spacial score (nSPS) is 13.0. The van der Waals surface area contributed by atoms with Gasteiger partial charge in [0.05, 0.1) is 0 Å². The minimum Gasteiger partial charge on any atom is -0.300 e. The highest BCUT2D eigenvalue weighted by atomic mass is 16.1. The Morgan fingerprint density at radius 3 is 1.92 bits per heavy atom. The number of carbonyl (C=O) groups excluding carboxylic acids is 2. The van der Waals surface area contributed by atoms with E-state index in [2.05, 4.69) is 0 Å². The average molecular weight is 183 g/mol. The molecule has 75 valence electrons. The quantitative estimate of drug-likeness (QED) is 0.634. The molecule has 0 saturated carbocycles. The van der Waals surface area contributed by atoms with Gasteiger partial charge in [-0.15, -0.1) is 0 Å². The van der Waals surface area contributed by atoms with Gasteiger partial charge < -0.3 is 9.59 Å². The third kappa shape index (κ3) is 6.50. The van der Waals surface area contributed by atoms with Crippen LogP contribution in [0.3, 0.4) is 0 Å². The second kappa shape index (κ2) is 5.90. The first-order valence-electron chi connectivity index (χ1n) is 4.74. The maximum absolute atomic E-state index is 10.8. The molecule has 0 rings (SSSR count). The summed E-state index contributed by atoms with van der Waals surface area (Å²) in [6.07, 6.45) is 2.03. The molecule has 0 N–H and O–H groups in total. The zero-order valence-electron chi connectivity index (χ0n) is 9.02. The number of Topliss-reactive ketones (excluding diaryl/α,β-unsaturated/α-hetero) is 2. The molecule has 1 unspecified atom stereocenters. The maximum Gasteiger partial charge on any atom is 0.130 e. The van der Waals surface area contributed by atoms with Crippen molar-refractivity contribution >= 4 is 11.6 Å². The first-order valence-corrected chi connectivity index (χ1v) is 4.74. The fraction of sp³-hybridized carbons (Fsp3) is 0.727. The molecule has 0 aromatic rings. The van der Waals surface area contributed by atoms with Crippen molar-refractivity contribution in [1.29, 1.82) is 0 Å². The fourth-order valence-corrected chi connectivity index (χ4v) is 1.23. The molecule has 0 aliphatic heterocycles. The highest BCUT2D eigenvalue weighted by Gasteiger charge is 2.14. The zero-order chi connectivity index (χ0) is 10.4.